The number of H-pyrrole nitrogens is 1. The molecule has 1 saturated carbocycles. The molecule has 4 rings (SSSR count). The van der Waals surface area contributed by atoms with Gasteiger partial charge in [0.1, 0.15) is 11.2 Å². The molecule has 1 atom stereocenters. The number of aryl methyl sites for hydroxylation is 1. The monoisotopic (exact) mass is 337 g/mol. The summed E-state index contributed by atoms with van der Waals surface area (Å²) >= 11 is 0. The fourth-order valence-electron chi connectivity index (χ4n) is 3.38. The van der Waals surface area contributed by atoms with Gasteiger partial charge in [0.25, 0.3) is 5.56 Å². The standard InChI is InChI=1S/C19H23N5O/c1-13(15-8-9-15)24(11-14-6-4-3-5-7-14)12-17-21-18-16(19(25)22-17)10-20-23(18)2/h3-7,10,13,15H,8-9,11-12H2,1-2H3,(H,21,22,25)/t13-/m0/s1. The minimum absolute atomic E-state index is 0.119. The second kappa shape index (κ2) is 6.44. The summed E-state index contributed by atoms with van der Waals surface area (Å²) in [6.07, 6.45) is 4.15. The zero-order valence-electron chi connectivity index (χ0n) is 14.6. The smallest absolute Gasteiger partial charge is 0.262 e. The lowest BCUT2D eigenvalue weighted by Crippen LogP contribution is -2.35. The number of aromatic nitrogens is 4. The van der Waals surface area contributed by atoms with Crippen LogP contribution in [-0.2, 0) is 20.1 Å². The van der Waals surface area contributed by atoms with E-state index >= 15 is 0 Å². The average molecular weight is 337 g/mol. The number of nitrogens with one attached hydrogen (secondary N) is 1. The Morgan fingerprint density at radius 2 is 2.04 bits per heavy atom. The zero-order valence-corrected chi connectivity index (χ0v) is 14.6. The molecule has 0 saturated heterocycles. The number of fused-ring (bicyclic) bond motifs is 1. The number of aromatic amines is 1. The SMILES string of the molecule is C[C@@H](C1CC1)N(Cc1ccccc1)Cc1nc2c(cnn2C)c(=O)[nH]1. The van der Waals surface area contributed by atoms with Crippen LogP contribution in [0.2, 0.25) is 0 Å². The zero-order chi connectivity index (χ0) is 17.4. The maximum atomic E-state index is 12.3. The minimum Gasteiger partial charge on any atom is -0.309 e. The molecule has 1 fully saturated rings. The van der Waals surface area contributed by atoms with E-state index < -0.39 is 0 Å². The first-order valence-electron chi connectivity index (χ1n) is 8.80. The number of rotatable bonds is 6. The van der Waals surface area contributed by atoms with Crippen molar-refractivity contribution >= 4 is 11.0 Å². The van der Waals surface area contributed by atoms with Crippen LogP contribution in [0.15, 0.2) is 41.3 Å². The van der Waals surface area contributed by atoms with Crippen molar-refractivity contribution in [1.29, 1.82) is 0 Å². The van der Waals surface area contributed by atoms with Gasteiger partial charge in [-0.3, -0.25) is 14.4 Å². The quantitative estimate of drug-likeness (QED) is 0.750. The largest absolute Gasteiger partial charge is 0.309 e. The van der Waals surface area contributed by atoms with Crippen molar-refractivity contribution in [1.82, 2.24) is 24.6 Å². The first-order chi connectivity index (χ1) is 12.1. The van der Waals surface area contributed by atoms with Gasteiger partial charge in [-0.05, 0) is 31.2 Å². The van der Waals surface area contributed by atoms with Crippen LogP contribution in [0.25, 0.3) is 11.0 Å². The lowest BCUT2D eigenvalue weighted by Gasteiger charge is -2.28. The van der Waals surface area contributed by atoms with E-state index in [-0.39, 0.29) is 5.56 Å². The second-order valence-electron chi connectivity index (χ2n) is 6.99. The maximum absolute atomic E-state index is 12.3. The molecule has 1 N–H and O–H groups in total. The van der Waals surface area contributed by atoms with Crippen molar-refractivity contribution in [2.45, 2.75) is 38.9 Å². The van der Waals surface area contributed by atoms with Gasteiger partial charge in [-0.15, -0.1) is 0 Å². The van der Waals surface area contributed by atoms with Gasteiger partial charge in [-0.25, -0.2) is 4.98 Å². The Morgan fingerprint density at radius 3 is 2.76 bits per heavy atom. The van der Waals surface area contributed by atoms with Crippen LogP contribution >= 0.6 is 0 Å². The van der Waals surface area contributed by atoms with Crippen molar-refractivity contribution in [3.05, 3.63) is 58.3 Å². The van der Waals surface area contributed by atoms with E-state index in [1.807, 2.05) is 13.1 Å². The molecule has 1 aliphatic carbocycles. The van der Waals surface area contributed by atoms with E-state index in [1.165, 1.54) is 18.4 Å². The van der Waals surface area contributed by atoms with Gasteiger partial charge in [0, 0.05) is 19.6 Å². The molecule has 1 aromatic carbocycles. The van der Waals surface area contributed by atoms with E-state index in [0.29, 0.717) is 29.4 Å². The van der Waals surface area contributed by atoms with E-state index in [1.54, 1.807) is 10.9 Å². The van der Waals surface area contributed by atoms with Crippen LogP contribution in [0.1, 0.15) is 31.2 Å². The topological polar surface area (TPSA) is 66.8 Å². The highest BCUT2D eigenvalue weighted by atomic mass is 16.1. The summed E-state index contributed by atoms with van der Waals surface area (Å²) in [5, 5.41) is 4.68. The van der Waals surface area contributed by atoms with Gasteiger partial charge in [0.15, 0.2) is 5.65 Å². The third-order valence-corrected chi connectivity index (χ3v) is 5.11. The summed E-state index contributed by atoms with van der Waals surface area (Å²) in [4.78, 5) is 22.3. The molecule has 3 aromatic rings. The van der Waals surface area contributed by atoms with Crippen LogP contribution in [-0.4, -0.2) is 30.7 Å². The second-order valence-corrected chi connectivity index (χ2v) is 6.99. The Balaban J connectivity index is 1.63. The molecule has 0 spiro atoms. The normalized spacial score (nSPS) is 15.8. The Bertz CT molecular complexity index is 926. The molecule has 6 nitrogen and oxygen atoms in total. The van der Waals surface area contributed by atoms with Gasteiger partial charge in [-0.1, -0.05) is 30.3 Å². The highest BCUT2D eigenvalue weighted by Gasteiger charge is 2.32. The van der Waals surface area contributed by atoms with Crippen molar-refractivity contribution in [3.8, 4) is 0 Å². The van der Waals surface area contributed by atoms with Gasteiger partial charge < -0.3 is 4.98 Å². The van der Waals surface area contributed by atoms with Crippen molar-refractivity contribution in [2.24, 2.45) is 13.0 Å². The fourth-order valence-corrected chi connectivity index (χ4v) is 3.38. The van der Waals surface area contributed by atoms with Crippen LogP contribution < -0.4 is 5.56 Å². The fraction of sp³-hybridized carbons (Fsp3) is 0.421. The molecule has 0 radical (unpaired) electrons. The summed E-state index contributed by atoms with van der Waals surface area (Å²) < 4.78 is 1.65. The van der Waals surface area contributed by atoms with Gasteiger partial charge in [0.2, 0.25) is 0 Å². The van der Waals surface area contributed by atoms with Crippen molar-refractivity contribution in [2.75, 3.05) is 0 Å². The maximum Gasteiger partial charge on any atom is 0.262 e. The van der Waals surface area contributed by atoms with Crippen LogP contribution in [0, 0.1) is 5.92 Å². The molecule has 0 aliphatic heterocycles. The third kappa shape index (κ3) is 3.35. The van der Waals surface area contributed by atoms with Gasteiger partial charge in [0.05, 0.1) is 12.7 Å². The average Bonchev–Trinajstić information content (AvgIpc) is 3.39. The number of nitrogens with zero attached hydrogens (tertiary/aromatic N) is 4. The predicted octanol–water partition coefficient (Wildman–Crippen LogP) is 2.46. The first-order valence-corrected chi connectivity index (χ1v) is 8.80. The van der Waals surface area contributed by atoms with E-state index in [2.05, 4.69) is 51.2 Å². The number of benzene rings is 1. The molecule has 130 valence electrons. The van der Waals surface area contributed by atoms with Crippen molar-refractivity contribution in [3.63, 3.8) is 0 Å². The highest BCUT2D eigenvalue weighted by molar-refractivity contribution is 5.72. The number of hydrogen-bond acceptors (Lipinski definition) is 4. The molecule has 0 unspecified atom stereocenters. The van der Waals surface area contributed by atoms with Gasteiger partial charge in [-0.2, -0.15) is 5.10 Å². The van der Waals surface area contributed by atoms with Crippen LogP contribution in [0.5, 0.6) is 0 Å². The Kier molecular flexibility index (Phi) is 4.13. The third-order valence-electron chi connectivity index (χ3n) is 5.11. The summed E-state index contributed by atoms with van der Waals surface area (Å²) in [6, 6.07) is 10.9. The van der Waals surface area contributed by atoms with E-state index in [4.69, 9.17) is 0 Å². The lowest BCUT2D eigenvalue weighted by molar-refractivity contribution is 0.167. The molecule has 1 aliphatic rings. The molecule has 25 heavy (non-hydrogen) atoms. The first kappa shape index (κ1) is 16.0. The molecular weight excluding hydrogens is 314 g/mol. The lowest BCUT2D eigenvalue weighted by atomic mass is 10.1. The highest BCUT2D eigenvalue weighted by Crippen LogP contribution is 2.36. The molecular formula is C19H23N5O. The summed E-state index contributed by atoms with van der Waals surface area (Å²) in [5.41, 5.74) is 1.79. The van der Waals surface area contributed by atoms with E-state index in [0.717, 1.165) is 12.5 Å². The summed E-state index contributed by atoms with van der Waals surface area (Å²) in [6.45, 7) is 3.76. The molecule has 2 heterocycles. The number of hydrogen-bond donors (Lipinski definition) is 1. The molecule has 2 aromatic heterocycles. The predicted molar refractivity (Wildman–Crippen MR) is 97.0 cm³/mol. The van der Waals surface area contributed by atoms with Crippen molar-refractivity contribution < 1.29 is 0 Å². The molecule has 0 amide bonds. The van der Waals surface area contributed by atoms with Crippen LogP contribution in [0.3, 0.4) is 0 Å². The van der Waals surface area contributed by atoms with Gasteiger partial charge >= 0.3 is 0 Å². The Labute approximate surface area is 146 Å². The van der Waals surface area contributed by atoms with E-state index in [9.17, 15) is 4.79 Å². The Morgan fingerprint density at radius 1 is 1.28 bits per heavy atom. The molecule has 0 bridgehead atoms. The minimum atomic E-state index is -0.119. The summed E-state index contributed by atoms with van der Waals surface area (Å²) in [7, 11) is 1.81. The van der Waals surface area contributed by atoms with Crippen LogP contribution in [0.4, 0.5) is 0 Å². The summed E-state index contributed by atoms with van der Waals surface area (Å²) in [5.74, 6) is 1.44. The molecule has 6 heteroatoms. The Hall–Kier alpha value is -2.47.